The maximum Gasteiger partial charge on any atom is 0.0466 e. The summed E-state index contributed by atoms with van der Waals surface area (Å²) in [4.78, 5) is 2.32. The van der Waals surface area contributed by atoms with Gasteiger partial charge in [-0.05, 0) is 38.4 Å². The third kappa shape index (κ3) is 3.80. The molecule has 0 bridgehead atoms. The Morgan fingerprint density at radius 1 is 1.21 bits per heavy atom. The summed E-state index contributed by atoms with van der Waals surface area (Å²) in [7, 11) is 4.34. The van der Waals surface area contributed by atoms with E-state index in [1.807, 2.05) is 0 Å². The summed E-state index contributed by atoms with van der Waals surface area (Å²) < 4.78 is 0. The molecule has 3 atom stereocenters. The van der Waals surface area contributed by atoms with E-state index in [-0.39, 0.29) is 0 Å². The van der Waals surface area contributed by atoms with Gasteiger partial charge in [-0.2, -0.15) is 0 Å². The molecule has 0 radical (unpaired) electrons. The van der Waals surface area contributed by atoms with Crippen molar-refractivity contribution in [1.29, 1.82) is 0 Å². The van der Waals surface area contributed by atoms with E-state index in [1.165, 1.54) is 31.2 Å². The molecule has 1 aliphatic rings. The lowest BCUT2D eigenvalue weighted by molar-refractivity contribution is 0.267. The zero-order valence-electron chi connectivity index (χ0n) is 12.6. The molecule has 2 heteroatoms. The van der Waals surface area contributed by atoms with Crippen LogP contribution in [0.2, 0.25) is 0 Å². The Morgan fingerprint density at radius 2 is 1.95 bits per heavy atom. The first kappa shape index (κ1) is 14.5. The van der Waals surface area contributed by atoms with Crippen LogP contribution in [0.4, 0.5) is 0 Å². The summed E-state index contributed by atoms with van der Waals surface area (Å²) >= 11 is 0. The molecule has 2 rings (SSSR count). The molecule has 106 valence electrons. The van der Waals surface area contributed by atoms with Gasteiger partial charge in [-0.15, -0.1) is 0 Å². The van der Waals surface area contributed by atoms with Crippen molar-refractivity contribution in [3.8, 4) is 0 Å². The van der Waals surface area contributed by atoms with Crippen molar-refractivity contribution in [2.75, 3.05) is 20.6 Å². The zero-order valence-corrected chi connectivity index (χ0v) is 12.6. The molecule has 3 unspecified atom stereocenters. The molecule has 0 spiro atoms. The molecule has 0 saturated heterocycles. The van der Waals surface area contributed by atoms with E-state index < -0.39 is 0 Å². The van der Waals surface area contributed by atoms with Crippen LogP contribution in [-0.4, -0.2) is 31.6 Å². The van der Waals surface area contributed by atoms with Gasteiger partial charge >= 0.3 is 0 Å². The average Bonchev–Trinajstić information content (AvgIpc) is 2.87. The number of rotatable bonds is 6. The summed E-state index contributed by atoms with van der Waals surface area (Å²) in [5, 5.41) is 3.82. The Morgan fingerprint density at radius 3 is 2.58 bits per heavy atom. The van der Waals surface area contributed by atoms with Gasteiger partial charge in [0.05, 0.1) is 0 Å². The van der Waals surface area contributed by atoms with Crippen molar-refractivity contribution in [1.82, 2.24) is 10.2 Å². The van der Waals surface area contributed by atoms with Gasteiger partial charge in [0.1, 0.15) is 0 Å². The topological polar surface area (TPSA) is 15.3 Å². The van der Waals surface area contributed by atoms with Crippen LogP contribution < -0.4 is 5.32 Å². The fraction of sp³-hybridized carbons (Fsp3) is 0.647. The second-order valence-electron chi connectivity index (χ2n) is 6.00. The van der Waals surface area contributed by atoms with Gasteiger partial charge in [-0.1, -0.05) is 50.1 Å². The zero-order chi connectivity index (χ0) is 13.7. The van der Waals surface area contributed by atoms with Gasteiger partial charge in [0.25, 0.3) is 0 Å². The van der Waals surface area contributed by atoms with Crippen molar-refractivity contribution in [3.63, 3.8) is 0 Å². The average molecular weight is 260 g/mol. The standard InChI is InChI=1S/C17H28N2/c1-4-14-11-8-12-16(14)18-13-17(19(2)3)15-9-6-5-7-10-15/h5-7,9-10,14,16-18H,4,8,11-13H2,1-3H3. The van der Waals surface area contributed by atoms with E-state index in [4.69, 9.17) is 0 Å². The van der Waals surface area contributed by atoms with Gasteiger partial charge in [-0.25, -0.2) is 0 Å². The quantitative estimate of drug-likeness (QED) is 0.842. The minimum Gasteiger partial charge on any atom is -0.312 e. The van der Waals surface area contributed by atoms with Gasteiger partial charge in [0.2, 0.25) is 0 Å². The first-order valence-corrected chi connectivity index (χ1v) is 7.67. The summed E-state index contributed by atoms with van der Waals surface area (Å²) in [6.45, 7) is 3.38. The molecule has 0 aliphatic heterocycles. The maximum absolute atomic E-state index is 3.82. The number of likely N-dealkylation sites (N-methyl/N-ethyl adjacent to an activating group) is 1. The monoisotopic (exact) mass is 260 g/mol. The van der Waals surface area contributed by atoms with Crippen LogP contribution in [0.15, 0.2) is 30.3 Å². The lowest BCUT2D eigenvalue weighted by Gasteiger charge is -2.28. The Labute approximate surface area is 118 Å². The van der Waals surface area contributed by atoms with E-state index in [1.54, 1.807) is 0 Å². The Hall–Kier alpha value is -0.860. The molecular formula is C17H28N2. The molecule has 0 heterocycles. The molecule has 1 saturated carbocycles. The molecule has 0 aromatic heterocycles. The largest absolute Gasteiger partial charge is 0.312 e. The third-order valence-electron chi connectivity index (χ3n) is 4.56. The van der Waals surface area contributed by atoms with E-state index in [0.717, 1.165) is 18.5 Å². The minimum atomic E-state index is 0.472. The molecule has 1 N–H and O–H groups in total. The van der Waals surface area contributed by atoms with Crippen LogP contribution in [0.3, 0.4) is 0 Å². The Bertz CT molecular complexity index is 361. The highest BCUT2D eigenvalue weighted by atomic mass is 15.1. The van der Waals surface area contributed by atoms with E-state index in [2.05, 4.69) is 61.6 Å². The van der Waals surface area contributed by atoms with Crippen LogP contribution in [0, 0.1) is 5.92 Å². The molecule has 0 amide bonds. The predicted molar refractivity (Wildman–Crippen MR) is 82.3 cm³/mol. The molecule has 1 aromatic rings. The highest BCUT2D eigenvalue weighted by molar-refractivity contribution is 5.19. The Kier molecular flexibility index (Phi) is 5.41. The maximum atomic E-state index is 3.82. The lowest BCUT2D eigenvalue weighted by Crippen LogP contribution is -2.38. The molecule has 19 heavy (non-hydrogen) atoms. The SMILES string of the molecule is CCC1CCCC1NCC(c1ccccc1)N(C)C. The molecular weight excluding hydrogens is 232 g/mol. The predicted octanol–water partition coefficient (Wildman–Crippen LogP) is 3.46. The van der Waals surface area contributed by atoms with Crippen LogP contribution in [0.25, 0.3) is 0 Å². The smallest absolute Gasteiger partial charge is 0.0466 e. The van der Waals surface area contributed by atoms with Gasteiger partial charge in [0.15, 0.2) is 0 Å². The Balaban J connectivity index is 1.95. The van der Waals surface area contributed by atoms with Crippen LogP contribution in [0.1, 0.15) is 44.2 Å². The summed E-state index contributed by atoms with van der Waals surface area (Å²) in [5.74, 6) is 0.888. The molecule has 2 nitrogen and oxygen atoms in total. The van der Waals surface area contributed by atoms with Crippen molar-refractivity contribution in [2.24, 2.45) is 5.92 Å². The van der Waals surface area contributed by atoms with E-state index >= 15 is 0 Å². The first-order chi connectivity index (χ1) is 9.22. The van der Waals surface area contributed by atoms with Crippen molar-refractivity contribution >= 4 is 0 Å². The summed E-state index contributed by atoms with van der Waals surface area (Å²) in [6, 6.07) is 12.0. The van der Waals surface area contributed by atoms with E-state index in [9.17, 15) is 0 Å². The van der Waals surface area contributed by atoms with Crippen molar-refractivity contribution in [2.45, 2.75) is 44.7 Å². The van der Waals surface area contributed by atoms with Gasteiger partial charge in [0, 0.05) is 18.6 Å². The number of hydrogen-bond donors (Lipinski definition) is 1. The number of nitrogens with zero attached hydrogens (tertiary/aromatic N) is 1. The summed E-state index contributed by atoms with van der Waals surface area (Å²) in [6.07, 6.45) is 5.48. The fourth-order valence-electron chi connectivity index (χ4n) is 3.33. The van der Waals surface area contributed by atoms with Crippen LogP contribution in [0.5, 0.6) is 0 Å². The summed E-state index contributed by atoms with van der Waals surface area (Å²) in [5.41, 5.74) is 1.41. The van der Waals surface area contributed by atoms with E-state index in [0.29, 0.717) is 6.04 Å². The molecule has 1 fully saturated rings. The number of benzene rings is 1. The highest BCUT2D eigenvalue weighted by Gasteiger charge is 2.26. The van der Waals surface area contributed by atoms with Crippen molar-refractivity contribution < 1.29 is 0 Å². The normalized spacial score (nSPS) is 24.8. The minimum absolute atomic E-state index is 0.472. The van der Waals surface area contributed by atoms with Crippen LogP contribution >= 0.6 is 0 Å². The molecule has 1 aromatic carbocycles. The fourth-order valence-corrected chi connectivity index (χ4v) is 3.33. The third-order valence-corrected chi connectivity index (χ3v) is 4.56. The second-order valence-corrected chi connectivity index (χ2v) is 6.00. The molecule has 1 aliphatic carbocycles. The van der Waals surface area contributed by atoms with Gasteiger partial charge < -0.3 is 10.2 Å². The number of hydrogen-bond acceptors (Lipinski definition) is 2. The van der Waals surface area contributed by atoms with Crippen LogP contribution in [-0.2, 0) is 0 Å². The second kappa shape index (κ2) is 7.06. The number of nitrogens with one attached hydrogen (secondary N) is 1. The van der Waals surface area contributed by atoms with Crippen molar-refractivity contribution in [3.05, 3.63) is 35.9 Å². The van der Waals surface area contributed by atoms with Gasteiger partial charge in [-0.3, -0.25) is 0 Å². The first-order valence-electron chi connectivity index (χ1n) is 7.67. The lowest BCUT2D eigenvalue weighted by atomic mass is 9.99. The highest BCUT2D eigenvalue weighted by Crippen LogP contribution is 2.28.